The summed E-state index contributed by atoms with van der Waals surface area (Å²) in [4.78, 5) is 15.2. The molecule has 1 saturated carbocycles. The summed E-state index contributed by atoms with van der Waals surface area (Å²) in [6.45, 7) is 1.89. The third-order valence-electron chi connectivity index (χ3n) is 6.10. The molecule has 3 atom stereocenters. The van der Waals surface area contributed by atoms with Crippen LogP contribution in [0, 0.1) is 5.92 Å². The van der Waals surface area contributed by atoms with Gasteiger partial charge in [-0.2, -0.15) is 0 Å². The Morgan fingerprint density at radius 1 is 1.35 bits per heavy atom. The highest BCUT2D eigenvalue weighted by atomic mass is 35.5. The third-order valence-corrected chi connectivity index (χ3v) is 6.10. The average Bonchev–Trinajstić information content (AvgIpc) is 3.06. The zero-order valence-electron chi connectivity index (χ0n) is 13.9. The van der Waals surface area contributed by atoms with Crippen LogP contribution in [0.2, 0.25) is 0 Å². The van der Waals surface area contributed by atoms with E-state index in [1.165, 1.54) is 30.4 Å². The van der Waals surface area contributed by atoms with Gasteiger partial charge in [-0.1, -0.05) is 24.3 Å². The summed E-state index contributed by atoms with van der Waals surface area (Å²) >= 11 is 0. The van der Waals surface area contributed by atoms with Gasteiger partial charge < -0.3 is 10.2 Å². The minimum absolute atomic E-state index is 0. The molecule has 3 unspecified atom stereocenters. The summed E-state index contributed by atoms with van der Waals surface area (Å²) < 4.78 is 0. The molecule has 126 valence electrons. The quantitative estimate of drug-likeness (QED) is 0.921. The van der Waals surface area contributed by atoms with Crippen molar-refractivity contribution in [1.29, 1.82) is 0 Å². The minimum Gasteiger partial charge on any atom is -0.338 e. The number of likely N-dealkylation sites (tertiary alicyclic amines) is 1. The van der Waals surface area contributed by atoms with E-state index in [0.29, 0.717) is 11.9 Å². The highest BCUT2D eigenvalue weighted by molar-refractivity contribution is 5.85. The normalized spacial score (nSPS) is 31.6. The molecule has 1 amide bonds. The van der Waals surface area contributed by atoms with Crippen LogP contribution >= 0.6 is 12.4 Å². The largest absolute Gasteiger partial charge is 0.338 e. The maximum absolute atomic E-state index is 13.1. The van der Waals surface area contributed by atoms with Gasteiger partial charge in [0.1, 0.15) is 0 Å². The van der Waals surface area contributed by atoms with Gasteiger partial charge in [0, 0.05) is 30.5 Å². The van der Waals surface area contributed by atoms with Crippen molar-refractivity contribution in [2.24, 2.45) is 5.92 Å². The minimum atomic E-state index is 0. The van der Waals surface area contributed by atoms with Gasteiger partial charge in [-0.3, -0.25) is 4.79 Å². The molecule has 1 spiro atoms. The van der Waals surface area contributed by atoms with Crippen molar-refractivity contribution in [3.8, 4) is 0 Å². The third kappa shape index (κ3) is 2.68. The van der Waals surface area contributed by atoms with Crippen molar-refractivity contribution < 1.29 is 4.79 Å². The molecule has 0 radical (unpaired) electrons. The SMILES string of the molecule is CNCC1CCCN1C(=O)C1CC12CCCc1ccccc12.Cl. The van der Waals surface area contributed by atoms with Gasteiger partial charge in [0.2, 0.25) is 5.91 Å². The second kappa shape index (κ2) is 6.45. The van der Waals surface area contributed by atoms with Crippen LogP contribution in [-0.2, 0) is 16.6 Å². The fraction of sp³-hybridized carbons (Fsp3) is 0.632. The van der Waals surface area contributed by atoms with Crippen LogP contribution in [0.5, 0.6) is 0 Å². The van der Waals surface area contributed by atoms with E-state index in [1.54, 1.807) is 0 Å². The smallest absolute Gasteiger partial charge is 0.226 e. The molecule has 1 heterocycles. The summed E-state index contributed by atoms with van der Waals surface area (Å²) in [5.74, 6) is 0.667. The molecule has 1 N–H and O–H groups in total. The standard InChI is InChI=1S/C19H26N2O.ClH/c1-20-13-15-8-5-11-21(15)18(22)17-12-19(17)10-4-7-14-6-2-3-9-16(14)19;/h2-3,6,9,15,17,20H,4-5,7-8,10-13H2,1H3;1H. The van der Waals surface area contributed by atoms with E-state index in [4.69, 9.17) is 0 Å². The van der Waals surface area contributed by atoms with Crippen molar-refractivity contribution in [3.05, 3.63) is 35.4 Å². The number of likely N-dealkylation sites (N-methyl/N-ethyl adjacent to an activating group) is 1. The van der Waals surface area contributed by atoms with Gasteiger partial charge in [-0.15, -0.1) is 12.4 Å². The van der Waals surface area contributed by atoms with Crippen molar-refractivity contribution >= 4 is 18.3 Å². The topological polar surface area (TPSA) is 32.3 Å². The summed E-state index contributed by atoms with van der Waals surface area (Å²) in [6.07, 6.45) is 7.01. The number of aryl methyl sites for hydroxylation is 1. The Morgan fingerprint density at radius 3 is 3.00 bits per heavy atom. The zero-order chi connectivity index (χ0) is 15.2. The van der Waals surface area contributed by atoms with Gasteiger partial charge in [0.05, 0.1) is 0 Å². The van der Waals surface area contributed by atoms with Crippen LogP contribution in [0.25, 0.3) is 0 Å². The van der Waals surface area contributed by atoms with Crippen LogP contribution in [0.1, 0.15) is 43.2 Å². The van der Waals surface area contributed by atoms with Gasteiger partial charge in [-0.25, -0.2) is 0 Å². The number of benzene rings is 1. The molecule has 1 aromatic carbocycles. The number of rotatable bonds is 3. The van der Waals surface area contributed by atoms with E-state index >= 15 is 0 Å². The highest BCUT2D eigenvalue weighted by Crippen LogP contribution is 2.61. The molecule has 1 aromatic rings. The number of fused-ring (bicyclic) bond motifs is 2. The molecule has 3 aliphatic rings. The Kier molecular flexibility index (Phi) is 4.70. The first-order valence-electron chi connectivity index (χ1n) is 8.80. The number of amides is 1. The predicted molar refractivity (Wildman–Crippen MR) is 95.1 cm³/mol. The Morgan fingerprint density at radius 2 is 2.17 bits per heavy atom. The molecular formula is C19H27ClN2O. The average molecular weight is 335 g/mol. The van der Waals surface area contributed by atoms with Crippen LogP contribution < -0.4 is 5.32 Å². The molecule has 0 bridgehead atoms. The lowest BCUT2D eigenvalue weighted by molar-refractivity contribution is -0.133. The number of carbonyl (C=O) groups excluding carboxylic acids is 1. The van der Waals surface area contributed by atoms with Gasteiger partial charge in [0.15, 0.2) is 0 Å². The predicted octanol–water partition coefficient (Wildman–Crippen LogP) is 2.91. The van der Waals surface area contributed by atoms with Crippen LogP contribution in [0.3, 0.4) is 0 Å². The lowest BCUT2D eigenvalue weighted by Gasteiger charge is -2.29. The fourth-order valence-electron chi connectivity index (χ4n) is 4.93. The molecule has 23 heavy (non-hydrogen) atoms. The molecule has 1 saturated heterocycles. The Balaban J connectivity index is 0.00000156. The van der Waals surface area contributed by atoms with Crippen molar-refractivity contribution in [2.45, 2.75) is 50.0 Å². The van der Waals surface area contributed by atoms with E-state index in [-0.39, 0.29) is 23.7 Å². The maximum atomic E-state index is 13.1. The number of hydrogen-bond acceptors (Lipinski definition) is 2. The molecule has 2 aliphatic carbocycles. The van der Waals surface area contributed by atoms with Gasteiger partial charge in [-0.05, 0) is 56.7 Å². The molecular weight excluding hydrogens is 308 g/mol. The molecule has 2 fully saturated rings. The maximum Gasteiger partial charge on any atom is 0.226 e. The van der Waals surface area contributed by atoms with Gasteiger partial charge >= 0.3 is 0 Å². The first-order valence-corrected chi connectivity index (χ1v) is 8.80. The number of halogens is 1. The molecule has 3 nitrogen and oxygen atoms in total. The number of carbonyl (C=O) groups is 1. The lowest BCUT2D eigenvalue weighted by Crippen LogP contribution is -2.42. The monoisotopic (exact) mass is 334 g/mol. The fourth-order valence-corrected chi connectivity index (χ4v) is 4.93. The van der Waals surface area contributed by atoms with E-state index < -0.39 is 0 Å². The van der Waals surface area contributed by atoms with E-state index in [2.05, 4.69) is 34.5 Å². The van der Waals surface area contributed by atoms with Crippen LogP contribution in [0.4, 0.5) is 0 Å². The van der Waals surface area contributed by atoms with Crippen molar-refractivity contribution in [3.63, 3.8) is 0 Å². The summed E-state index contributed by atoms with van der Waals surface area (Å²) in [5, 5.41) is 3.25. The Bertz CT molecular complexity index is 590. The first-order chi connectivity index (χ1) is 10.8. The second-order valence-electron chi connectivity index (χ2n) is 7.31. The number of nitrogens with zero attached hydrogens (tertiary/aromatic N) is 1. The number of nitrogens with one attached hydrogen (secondary N) is 1. The Labute approximate surface area is 145 Å². The van der Waals surface area contributed by atoms with Crippen molar-refractivity contribution in [1.82, 2.24) is 10.2 Å². The first kappa shape index (κ1) is 16.8. The molecule has 1 aliphatic heterocycles. The molecule has 4 heteroatoms. The van der Waals surface area contributed by atoms with E-state index in [0.717, 1.165) is 32.4 Å². The summed E-state index contributed by atoms with van der Waals surface area (Å²) in [5.41, 5.74) is 3.14. The lowest BCUT2D eigenvalue weighted by atomic mass is 9.78. The van der Waals surface area contributed by atoms with Crippen LogP contribution in [0.15, 0.2) is 24.3 Å². The summed E-state index contributed by atoms with van der Waals surface area (Å²) in [7, 11) is 1.98. The van der Waals surface area contributed by atoms with Gasteiger partial charge in [0.25, 0.3) is 0 Å². The molecule has 0 aromatic heterocycles. The van der Waals surface area contributed by atoms with Crippen LogP contribution in [-0.4, -0.2) is 37.0 Å². The van der Waals surface area contributed by atoms with Crippen molar-refractivity contribution in [2.75, 3.05) is 20.1 Å². The second-order valence-corrected chi connectivity index (χ2v) is 7.31. The Hall–Kier alpha value is -1.06. The molecule has 4 rings (SSSR count). The van der Waals surface area contributed by atoms with E-state index in [9.17, 15) is 4.79 Å². The van der Waals surface area contributed by atoms with E-state index in [1.807, 2.05) is 7.05 Å². The highest BCUT2D eigenvalue weighted by Gasteiger charge is 2.61. The summed E-state index contributed by atoms with van der Waals surface area (Å²) in [6, 6.07) is 9.23. The number of hydrogen-bond donors (Lipinski definition) is 1. The zero-order valence-corrected chi connectivity index (χ0v) is 14.7.